The van der Waals surface area contributed by atoms with Crippen molar-refractivity contribution in [1.29, 1.82) is 0 Å². The summed E-state index contributed by atoms with van der Waals surface area (Å²) in [6, 6.07) is 18.7. The minimum absolute atomic E-state index is 0.280. The van der Waals surface area contributed by atoms with Gasteiger partial charge in [0.1, 0.15) is 0 Å². The van der Waals surface area contributed by atoms with E-state index in [1.165, 1.54) is 40.7 Å². The smallest absolute Gasteiger partial charge is 0.0651 e. The molecule has 5 rings (SSSR count). The van der Waals surface area contributed by atoms with Crippen LogP contribution in [0.4, 0.5) is 5.69 Å². The molecule has 0 spiro atoms. The van der Waals surface area contributed by atoms with Gasteiger partial charge in [-0.1, -0.05) is 60.6 Å². The fourth-order valence-corrected chi connectivity index (χ4v) is 6.22. The van der Waals surface area contributed by atoms with Crippen molar-refractivity contribution < 1.29 is 0 Å². The highest BCUT2D eigenvalue weighted by Crippen LogP contribution is 2.35. The Bertz CT molecular complexity index is 1420. The van der Waals surface area contributed by atoms with Crippen LogP contribution in [0.2, 0.25) is 0 Å². The molecule has 1 aromatic heterocycles. The Balaban J connectivity index is 1.16. The Labute approximate surface area is 238 Å². The van der Waals surface area contributed by atoms with Crippen molar-refractivity contribution in [3.05, 3.63) is 104 Å². The molecule has 2 aromatic carbocycles. The van der Waals surface area contributed by atoms with Gasteiger partial charge in [-0.05, 0) is 112 Å². The molecule has 0 bridgehead atoms. The zero-order valence-corrected chi connectivity index (χ0v) is 24.1. The van der Waals surface area contributed by atoms with Gasteiger partial charge < -0.3 is 15.5 Å². The number of hydrogen-bond acceptors (Lipinski definition) is 4. The molecule has 1 atom stereocenters. The minimum Gasteiger partial charge on any atom is -0.384 e. The van der Waals surface area contributed by atoms with Gasteiger partial charge in [-0.15, -0.1) is 0 Å². The Hall–Kier alpha value is -2.92. The lowest BCUT2D eigenvalue weighted by molar-refractivity contribution is 0.193. The highest BCUT2D eigenvalue weighted by atomic mass is 35.5. The van der Waals surface area contributed by atoms with Crippen LogP contribution in [0.15, 0.2) is 65.8 Å². The molecule has 0 amide bonds. The first-order chi connectivity index (χ1) is 19.0. The Morgan fingerprint density at radius 2 is 1.85 bits per heavy atom. The van der Waals surface area contributed by atoms with Crippen LogP contribution in [-0.4, -0.2) is 42.1 Å². The Morgan fingerprint density at radius 3 is 2.67 bits per heavy atom. The molecular weight excluding hydrogens is 500 g/mol. The quantitative estimate of drug-likeness (QED) is 0.372. The number of aromatic nitrogens is 1. The summed E-state index contributed by atoms with van der Waals surface area (Å²) >= 11 is 6.03. The maximum atomic E-state index is 6.03. The molecular formula is C34H41ClN4. The van der Waals surface area contributed by atoms with Crippen LogP contribution in [-0.2, 0) is 12.8 Å². The first-order valence-corrected chi connectivity index (χ1v) is 14.7. The monoisotopic (exact) mass is 540 g/mol. The summed E-state index contributed by atoms with van der Waals surface area (Å²) in [5, 5.41) is 10.2. The van der Waals surface area contributed by atoms with Crippen molar-refractivity contribution in [2.24, 2.45) is 0 Å². The molecule has 2 heterocycles. The number of hydrogen-bond donors (Lipinski definition) is 2. The summed E-state index contributed by atoms with van der Waals surface area (Å²) in [6.07, 6.45) is 11.4. The van der Waals surface area contributed by atoms with Gasteiger partial charge in [0.15, 0.2) is 0 Å². The van der Waals surface area contributed by atoms with Crippen LogP contribution in [0.1, 0.15) is 60.0 Å². The average molecular weight is 541 g/mol. The van der Waals surface area contributed by atoms with E-state index in [1.807, 2.05) is 31.3 Å². The third-order valence-corrected chi connectivity index (χ3v) is 8.37. The molecule has 0 radical (unpaired) electrons. The SMILES string of the molecule is C=c1nccc(NCCCN2CCC(NC3c4ccccc4CCc4cccc(C)c43)CC2)/c1=C/C=C(\C)Cl. The second-order valence-electron chi connectivity index (χ2n) is 11.0. The largest absolute Gasteiger partial charge is 0.384 e. The molecule has 4 nitrogen and oxygen atoms in total. The molecule has 1 saturated heterocycles. The number of nitrogens with one attached hydrogen (secondary N) is 2. The van der Waals surface area contributed by atoms with Crippen LogP contribution in [0.3, 0.4) is 0 Å². The van der Waals surface area contributed by atoms with E-state index >= 15 is 0 Å². The van der Waals surface area contributed by atoms with Gasteiger partial charge in [-0.2, -0.15) is 0 Å². The van der Waals surface area contributed by atoms with Crippen LogP contribution >= 0.6 is 11.6 Å². The van der Waals surface area contributed by atoms with E-state index < -0.39 is 0 Å². The summed E-state index contributed by atoms with van der Waals surface area (Å²) in [5.74, 6) is 0. The van der Waals surface area contributed by atoms with Gasteiger partial charge in [0.05, 0.1) is 11.4 Å². The Kier molecular flexibility index (Phi) is 9.18. The number of halogens is 1. The van der Waals surface area contributed by atoms with Gasteiger partial charge in [0, 0.05) is 34.7 Å². The number of nitrogens with zero attached hydrogens (tertiary/aromatic N) is 2. The normalized spacial score (nSPS) is 18.9. The fraction of sp³-hybridized carbons (Fsp3) is 0.382. The third kappa shape index (κ3) is 6.81. The minimum atomic E-state index is 0.280. The maximum Gasteiger partial charge on any atom is 0.0651 e. The van der Waals surface area contributed by atoms with Crippen molar-refractivity contribution in [2.45, 2.75) is 58.0 Å². The van der Waals surface area contributed by atoms with Gasteiger partial charge in [-0.25, -0.2) is 0 Å². The highest BCUT2D eigenvalue weighted by Gasteiger charge is 2.28. The van der Waals surface area contributed by atoms with Crippen LogP contribution in [0.25, 0.3) is 12.7 Å². The predicted molar refractivity (Wildman–Crippen MR) is 166 cm³/mol. The lowest BCUT2D eigenvalue weighted by Gasteiger charge is -2.35. The lowest BCUT2D eigenvalue weighted by atomic mass is 9.89. The average Bonchev–Trinajstić information content (AvgIpc) is 3.09. The molecule has 5 heteroatoms. The molecule has 2 aliphatic rings. The molecule has 1 aliphatic carbocycles. The molecule has 1 unspecified atom stereocenters. The van der Waals surface area contributed by atoms with E-state index in [0.29, 0.717) is 6.04 Å². The standard InChI is InChI=1S/C34H41ClN4/c1-24-8-6-10-28-14-13-27-9-4-5-11-31(27)34(33(24)28)38-29-17-22-39(23-18-29)21-7-19-37-32-16-20-36-26(3)30(32)15-12-25(2)35/h4-6,8-12,15-16,20,29,34,37-38H,3,7,13-14,17-19,21-23H2,1-2H3/b25-12+,30-15+. The van der Waals surface area contributed by atoms with Crippen molar-refractivity contribution >= 4 is 29.9 Å². The first kappa shape index (κ1) is 27.6. The van der Waals surface area contributed by atoms with E-state index in [2.05, 4.69) is 76.5 Å². The number of allylic oxidation sites excluding steroid dienone is 2. The van der Waals surface area contributed by atoms with Gasteiger partial charge in [0.25, 0.3) is 0 Å². The molecule has 0 saturated carbocycles. The zero-order valence-electron chi connectivity index (χ0n) is 23.3. The number of likely N-dealkylation sites (tertiary alicyclic amines) is 1. The van der Waals surface area contributed by atoms with E-state index in [-0.39, 0.29) is 6.04 Å². The predicted octanol–water partition coefficient (Wildman–Crippen LogP) is 5.47. The van der Waals surface area contributed by atoms with E-state index in [1.54, 1.807) is 0 Å². The van der Waals surface area contributed by atoms with Gasteiger partial charge in [-0.3, -0.25) is 4.98 Å². The number of piperidine rings is 1. The lowest BCUT2D eigenvalue weighted by Crippen LogP contribution is -2.44. The number of rotatable bonds is 8. The van der Waals surface area contributed by atoms with Gasteiger partial charge in [0.2, 0.25) is 0 Å². The van der Waals surface area contributed by atoms with Crippen molar-refractivity contribution in [3.8, 4) is 0 Å². The topological polar surface area (TPSA) is 40.2 Å². The Morgan fingerprint density at radius 1 is 1.08 bits per heavy atom. The maximum absolute atomic E-state index is 6.03. The highest BCUT2D eigenvalue weighted by molar-refractivity contribution is 6.29. The van der Waals surface area contributed by atoms with E-state index in [9.17, 15) is 0 Å². The summed E-state index contributed by atoms with van der Waals surface area (Å²) in [4.78, 5) is 6.95. The van der Waals surface area contributed by atoms with E-state index in [0.717, 1.165) is 66.7 Å². The van der Waals surface area contributed by atoms with Gasteiger partial charge >= 0.3 is 0 Å². The van der Waals surface area contributed by atoms with Crippen molar-refractivity contribution in [3.63, 3.8) is 0 Å². The summed E-state index contributed by atoms with van der Waals surface area (Å²) in [5.41, 5.74) is 8.43. The van der Waals surface area contributed by atoms with Crippen LogP contribution < -0.4 is 21.2 Å². The number of aryl methyl sites for hydroxylation is 3. The number of pyridine rings is 1. The summed E-state index contributed by atoms with van der Waals surface area (Å²) in [6.45, 7) is 12.5. The molecule has 1 aliphatic heterocycles. The second-order valence-corrected chi connectivity index (χ2v) is 11.6. The first-order valence-electron chi connectivity index (χ1n) is 14.4. The fourth-order valence-electron chi connectivity index (χ4n) is 6.15. The molecule has 1 fully saturated rings. The summed E-state index contributed by atoms with van der Waals surface area (Å²) < 4.78 is 0. The number of benzene rings is 2. The van der Waals surface area contributed by atoms with Crippen LogP contribution in [0.5, 0.6) is 0 Å². The third-order valence-electron chi connectivity index (χ3n) is 8.24. The van der Waals surface area contributed by atoms with E-state index in [4.69, 9.17) is 11.6 Å². The second kappa shape index (κ2) is 13.0. The number of fused-ring (bicyclic) bond motifs is 2. The van der Waals surface area contributed by atoms with Crippen molar-refractivity contribution in [1.82, 2.24) is 15.2 Å². The molecule has 39 heavy (non-hydrogen) atoms. The zero-order chi connectivity index (χ0) is 27.2. The summed E-state index contributed by atoms with van der Waals surface area (Å²) in [7, 11) is 0. The van der Waals surface area contributed by atoms with Crippen LogP contribution in [0, 0.1) is 6.92 Å². The molecule has 2 N–H and O–H groups in total. The van der Waals surface area contributed by atoms with Crippen molar-refractivity contribution in [2.75, 3.05) is 31.5 Å². The number of anilines is 1. The molecule has 204 valence electrons. The molecule has 3 aromatic rings.